The fourth-order valence-electron chi connectivity index (χ4n) is 1.43. The summed E-state index contributed by atoms with van der Waals surface area (Å²) in [5, 5.41) is 9.00. The Hall–Kier alpha value is -2.41. The molecular weight excluding hydrogens is 192 g/mol. The van der Waals surface area contributed by atoms with Crippen LogP contribution in [0.15, 0.2) is 30.5 Å². The Morgan fingerprint density at radius 3 is 2.73 bits per heavy atom. The van der Waals surface area contributed by atoms with Gasteiger partial charge in [-0.25, -0.2) is 0 Å². The van der Waals surface area contributed by atoms with Crippen LogP contribution in [0.25, 0.3) is 10.9 Å². The van der Waals surface area contributed by atoms with E-state index in [1.54, 1.807) is 18.2 Å². The molecule has 72 valence electrons. The number of Topliss-reactive ketones (excluding diaryl/α,β-unsaturated/α-hetero) is 2. The van der Waals surface area contributed by atoms with Crippen LogP contribution in [-0.4, -0.2) is 16.6 Å². The molecule has 0 aliphatic carbocycles. The van der Waals surface area contributed by atoms with Crippen molar-refractivity contribution in [1.82, 2.24) is 4.98 Å². The zero-order chi connectivity index (χ0) is 10.8. The summed E-state index contributed by atoms with van der Waals surface area (Å²) in [6.07, 6.45) is 1.45. The molecule has 0 amide bonds. The fraction of sp³-hybridized carbons (Fsp3) is 0. The molecule has 0 saturated heterocycles. The van der Waals surface area contributed by atoms with Gasteiger partial charge in [0, 0.05) is 17.1 Å². The van der Waals surface area contributed by atoms with Gasteiger partial charge in [0.05, 0.1) is 5.56 Å². The maximum atomic E-state index is 11.5. The number of carbonyl (C=O) groups excluding carboxylic acids is 2. The number of aromatic nitrogens is 1. The van der Waals surface area contributed by atoms with Crippen molar-refractivity contribution < 1.29 is 9.59 Å². The number of nitrogens with zero attached hydrogens (tertiary/aromatic N) is 1. The molecule has 0 aliphatic rings. The van der Waals surface area contributed by atoms with E-state index in [-0.39, 0.29) is 5.56 Å². The average Bonchev–Trinajstić information content (AvgIpc) is 2.70. The number of nitrogens with one attached hydrogen (secondary N) is 1. The molecule has 0 spiro atoms. The Bertz CT molecular complexity index is 590. The van der Waals surface area contributed by atoms with Crippen LogP contribution in [0.5, 0.6) is 0 Å². The monoisotopic (exact) mass is 198 g/mol. The lowest BCUT2D eigenvalue weighted by Crippen LogP contribution is -2.10. The van der Waals surface area contributed by atoms with E-state index in [1.807, 2.05) is 6.07 Å². The molecule has 1 N–H and O–H groups in total. The van der Waals surface area contributed by atoms with Gasteiger partial charge in [0.25, 0.3) is 0 Å². The van der Waals surface area contributed by atoms with E-state index in [0.717, 1.165) is 5.52 Å². The van der Waals surface area contributed by atoms with Crippen molar-refractivity contribution in [3.05, 3.63) is 36.0 Å². The zero-order valence-corrected chi connectivity index (χ0v) is 7.65. The van der Waals surface area contributed by atoms with Crippen LogP contribution in [0.4, 0.5) is 0 Å². The minimum Gasteiger partial charge on any atom is -0.360 e. The van der Waals surface area contributed by atoms with Crippen LogP contribution in [0.2, 0.25) is 0 Å². The Labute approximate surface area is 85.1 Å². The maximum absolute atomic E-state index is 11.5. The number of nitriles is 1. The molecule has 0 aliphatic heterocycles. The molecule has 0 atom stereocenters. The molecule has 2 rings (SSSR count). The minimum absolute atomic E-state index is 0.247. The van der Waals surface area contributed by atoms with Gasteiger partial charge in [-0.3, -0.25) is 9.59 Å². The topological polar surface area (TPSA) is 73.7 Å². The number of fused-ring (bicyclic) bond motifs is 1. The molecule has 2 aromatic rings. The summed E-state index contributed by atoms with van der Waals surface area (Å²) < 4.78 is 0. The van der Waals surface area contributed by atoms with Crippen LogP contribution in [-0.2, 0) is 4.79 Å². The maximum Gasteiger partial charge on any atom is 0.302 e. The van der Waals surface area contributed by atoms with Gasteiger partial charge in [0.1, 0.15) is 6.07 Å². The third-order valence-corrected chi connectivity index (χ3v) is 2.14. The second-order valence-electron chi connectivity index (χ2n) is 3.02. The Balaban J connectivity index is 2.59. The summed E-state index contributed by atoms with van der Waals surface area (Å²) in [7, 11) is 0. The Morgan fingerprint density at radius 1 is 1.27 bits per heavy atom. The number of ketones is 2. The number of para-hydroxylation sites is 1. The Morgan fingerprint density at radius 2 is 2.00 bits per heavy atom. The largest absolute Gasteiger partial charge is 0.360 e. The van der Waals surface area contributed by atoms with Crippen molar-refractivity contribution in [2.75, 3.05) is 0 Å². The Kier molecular flexibility index (Phi) is 2.07. The van der Waals surface area contributed by atoms with Gasteiger partial charge in [-0.1, -0.05) is 18.2 Å². The summed E-state index contributed by atoms with van der Waals surface area (Å²) in [5.41, 5.74) is 1.02. The lowest BCUT2D eigenvalue weighted by Gasteiger charge is -1.91. The highest BCUT2D eigenvalue weighted by Gasteiger charge is 2.18. The van der Waals surface area contributed by atoms with E-state index in [9.17, 15) is 9.59 Å². The summed E-state index contributed by atoms with van der Waals surface area (Å²) in [5.74, 6) is -1.81. The molecule has 4 nitrogen and oxygen atoms in total. The van der Waals surface area contributed by atoms with Gasteiger partial charge >= 0.3 is 5.78 Å². The van der Waals surface area contributed by atoms with Gasteiger partial charge < -0.3 is 4.98 Å². The molecule has 0 saturated carbocycles. The SMILES string of the molecule is N#CC(=O)C(=O)c1c[nH]c2ccccc12. The lowest BCUT2D eigenvalue weighted by atomic mass is 10.1. The van der Waals surface area contributed by atoms with Gasteiger partial charge in [-0.2, -0.15) is 5.26 Å². The van der Waals surface area contributed by atoms with Crippen molar-refractivity contribution in [1.29, 1.82) is 5.26 Å². The molecule has 0 fully saturated rings. The van der Waals surface area contributed by atoms with Gasteiger partial charge in [0.2, 0.25) is 5.78 Å². The summed E-state index contributed by atoms with van der Waals surface area (Å²) in [6, 6.07) is 8.42. The van der Waals surface area contributed by atoms with Crippen molar-refractivity contribution in [3.63, 3.8) is 0 Å². The zero-order valence-electron chi connectivity index (χ0n) is 7.65. The summed E-state index contributed by atoms with van der Waals surface area (Å²) >= 11 is 0. The van der Waals surface area contributed by atoms with E-state index >= 15 is 0 Å². The first kappa shape index (κ1) is 9.16. The highest BCUT2D eigenvalue weighted by atomic mass is 16.2. The molecule has 4 heteroatoms. The van der Waals surface area contributed by atoms with E-state index < -0.39 is 11.6 Å². The van der Waals surface area contributed by atoms with Crippen LogP contribution < -0.4 is 0 Å². The van der Waals surface area contributed by atoms with Gasteiger partial charge in [-0.15, -0.1) is 0 Å². The fourth-order valence-corrected chi connectivity index (χ4v) is 1.43. The molecule has 0 radical (unpaired) electrons. The van der Waals surface area contributed by atoms with Crippen LogP contribution in [0, 0.1) is 11.3 Å². The third kappa shape index (κ3) is 1.40. The van der Waals surface area contributed by atoms with Crippen LogP contribution in [0.3, 0.4) is 0 Å². The van der Waals surface area contributed by atoms with Gasteiger partial charge in [0.15, 0.2) is 0 Å². The second kappa shape index (κ2) is 3.39. The van der Waals surface area contributed by atoms with E-state index in [2.05, 4.69) is 4.98 Å². The number of rotatable bonds is 2. The van der Waals surface area contributed by atoms with E-state index in [1.165, 1.54) is 12.3 Å². The highest BCUT2D eigenvalue weighted by Crippen LogP contribution is 2.18. The van der Waals surface area contributed by atoms with Crippen LogP contribution >= 0.6 is 0 Å². The normalized spacial score (nSPS) is 9.80. The summed E-state index contributed by atoms with van der Waals surface area (Å²) in [4.78, 5) is 25.3. The standard InChI is InChI=1S/C11H6N2O2/c12-5-10(14)11(15)8-6-13-9-4-2-1-3-7(8)9/h1-4,6,13H. The van der Waals surface area contributed by atoms with Crippen molar-refractivity contribution in [3.8, 4) is 6.07 Å². The highest BCUT2D eigenvalue weighted by molar-refractivity contribution is 6.50. The van der Waals surface area contributed by atoms with Crippen molar-refractivity contribution >= 4 is 22.5 Å². The molecule has 1 heterocycles. The molecule has 0 bridgehead atoms. The van der Waals surface area contributed by atoms with Crippen molar-refractivity contribution in [2.45, 2.75) is 0 Å². The third-order valence-electron chi connectivity index (χ3n) is 2.14. The smallest absolute Gasteiger partial charge is 0.302 e. The number of aromatic amines is 1. The molecule has 1 aromatic heterocycles. The van der Waals surface area contributed by atoms with Gasteiger partial charge in [-0.05, 0) is 6.07 Å². The second-order valence-corrected chi connectivity index (χ2v) is 3.02. The van der Waals surface area contributed by atoms with Crippen LogP contribution in [0.1, 0.15) is 10.4 Å². The lowest BCUT2D eigenvalue weighted by molar-refractivity contribution is -0.110. The predicted molar refractivity (Wildman–Crippen MR) is 53.2 cm³/mol. The summed E-state index contributed by atoms with van der Waals surface area (Å²) in [6.45, 7) is 0. The number of carbonyl (C=O) groups is 2. The molecule has 0 unspecified atom stereocenters. The van der Waals surface area contributed by atoms with E-state index in [4.69, 9.17) is 5.26 Å². The first-order valence-corrected chi connectivity index (χ1v) is 4.29. The predicted octanol–water partition coefficient (Wildman–Crippen LogP) is 1.44. The number of hydrogen-bond donors (Lipinski definition) is 1. The number of H-pyrrole nitrogens is 1. The van der Waals surface area contributed by atoms with Crippen molar-refractivity contribution in [2.24, 2.45) is 0 Å². The molecular formula is C11H6N2O2. The average molecular weight is 198 g/mol. The number of benzene rings is 1. The molecule has 1 aromatic carbocycles. The molecule has 15 heavy (non-hydrogen) atoms. The van der Waals surface area contributed by atoms with E-state index in [0.29, 0.717) is 5.39 Å². The minimum atomic E-state index is -1.04. The number of hydrogen-bond acceptors (Lipinski definition) is 3. The quantitative estimate of drug-likeness (QED) is 0.450. The first-order valence-electron chi connectivity index (χ1n) is 4.29. The first-order chi connectivity index (χ1) is 7.24.